The van der Waals surface area contributed by atoms with Gasteiger partial charge in [0.25, 0.3) is 5.91 Å². The third-order valence-electron chi connectivity index (χ3n) is 3.75. The molecule has 0 bridgehead atoms. The summed E-state index contributed by atoms with van der Waals surface area (Å²) in [7, 11) is 0. The van der Waals surface area contributed by atoms with E-state index in [4.69, 9.17) is 16.7 Å². The summed E-state index contributed by atoms with van der Waals surface area (Å²) in [4.78, 5) is 15.9. The number of hydrogen-bond donors (Lipinski definition) is 2. The fourth-order valence-electron chi connectivity index (χ4n) is 2.09. The van der Waals surface area contributed by atoms with E-state index in [0.717, 1.165) is 12.8 Å². The molecule has 1 amide bonds. The summed E-state index contributed by atoms with van der Waals surface area (Å²) in [6, 6.07) is 3.18. The second-order valence-electron chi connectivity index (χ2n) is 4.73. The van der Waals surface area contributed by atoms with Crippen LogP contribution in [0, 0.1) is 5.41 Å². The van der Waals surface area contributed by atoms with Crippen LogP contribution in [0.15, 0.2) is 18.3 Å². The summed E-state index contributed by atoms with van der Waals surface area (Å²) >= 11 is 5.76. The van der Waals surface area contributed by atoms with E-state index in [1.165, 1.54) is 6.20 Å². The molecular weight excluding hydrogens is 264 g/mol. The molecule has 0 atom stereocenters. The number of pyridine rings is 1. The smallest absolute Gasteiger partial charge is 0.251 e. The predicted octanol–water partition coefficient (Wildman–Crippen LogP) is 2.65. The molecule has 0 saturated carbocycles. The number of carbonyl (C=O) groups is 1. The van der Waals surface area contributed by atoms with E-state index < -0.39 is 0 Å². The van der Waals surface area contributed by atoms with Crippen molar-refractivity contribution in [3.05, 3.63) is 29.0 Å². The van der Waals surface area contributed by atoms with Gasteiger partial charge in [-0.25, -0.2) is 4.98 Å². The van der Waals surface area contributed by atoms with Gasteiger partial charge in [0.2, 0.25) is 0 Å². The standard InChI is InChI=1S/C14H21ClN2O2/c1-3-14(4-2,6-8-18)10-17-13(19)11-5-7-16-12(15)9-11/h5,7,9,18H,3-4,6,8,10H2,1-2H3,(H,17,19). The molecule has 1 heterocycles. The Balaban J connectivity index is 2.66. The minimum absolute atomic E-state index is 0.0404. The Morgan fingerprint density at radius 2 is 2.16 bits per heavy atom. The lowest BCUT2D eigenvalue weighted by Crippen LogP contribution is -2.37. The van der Waals surface area contributed by atoms with Gasteiger partial charge < -0.3 is 10.4 Å². The van der Waals surface area contributed by atoms with E-state index in [0.29, 0.717) is 23.7 Å². The van der Waals surface area contributed by atoms with Gasteiger partial charge in [-0.2, -0.15) is 0 Å². The topological polar surface area (TPSA) is 62.2 Å². The molecule has 1 rings (SSSR count). The average Bonchev–Trinajstić information content (AvgIpc) is 2.43. The molecule has 4 nitrogen and oxygen atoms in total. The molecule has 19 heavy (non-hydrogen) atoms. The van der Waals surface area contributed by atoms with Crippen molar-refractivity contribution in [1.29, 1.82) is 0 Å². The molecule has 2 N–H and O–H groups in total. The van der Waals surface area contributed by atoms with Crippen LogP contribution in [0.4, 0.5) is 0 Å². The highest BCUT2D eigenvalue weighted by Gasteiger charge is 2.26. The lowest BCUT2D eigenvalue weighted by Gasteiger charge is -2.31. The maximum atomic E-state index is 12.0. The van der Waals surface area contributed by atoms with Crippen LogP contribution in [0.25, 0.3) is 0 Å². The van der Waals surface area contributed by atoms with E-state index >= 15 is 0 Å². The molecule has 106 valence electrons. The fraction of sp³-hybridized carbons (Fsp3) is 0.571. The Morgan fingerprint density at radius 1 is 1.47 bits per heavy atom. The van der Waals surface area contributed by atoms with E-state index in [1.807, 2.05) is 0 Å². The predicted molar refractivity (Wildman–Crippen MR) is 76.3 cm³/mol. The summed E-state index contributed by atoms with van der Waals surface area (Å²) in [5, 5.41) is 12.4. The minimum atomic E-state index is -0.159. The quantitative estimate of drug-likeness (QED) is 0.757. The zero-order valence-corrected chi connectivity index (χ0v) is 12.2. The third-order valence-corrected chi connectivity index (χ3v) is 3.96. The molecule has 0 unspecified atom stereocenters. The van der Waals surface area contributed by atoms with Crippen LogP contribution in [0.2, 0.25) is 5.15 Å². The van der Waals surface area contributed by atoms with Gasteiger partial charge >= 0.3 is 0 Å². The Bertz CT molecular complexity index is 420. The van der Waals surface area contributed by atoms with Crippen molar-refractivity contribution in [3.63, 3.8) is 0 Å². The van der Waals surface area contributed by atoms with Gasteiger partial charge in [0, 0.05) is 24.9 Å². The number of aliphatic hydroxyl groups is 1. The zero-order chi connectivity index (χ0) is 14.3. The first-order valence-corrected chi connectivity index (χ1v) is 6.95. The van der Waals surface area contributed by atoms with E-state index in [9.17, 15) is 4.79 Å². The number of nitrogens with zero attached hydrogens (tertiary/aromatic N) is 1. The number of aliphatic hydroxyl groups excluding tert-OH is 1. The Labute approximate surface area is 119 Å². The molecule has 0 aliphatic heterocycles. The SMILES string of the molecule is CCC(CC)(CCO)CNC(=O)c1ccnc(Cl)c1. The molecule has 1 aromatic rings. The van der Waals surface area contributed by atoms with Gasteiger partial charge in [-0.1, -0.05) is 25.4 Å². The first kappa shape index (κ1) is 15.9. The molecule has 5 heteroatoms. The highest BCUT2D eigenvalue weighted by molar-refractivity contribution is 6.29. The Kier molecular flexibility index (Phi) is 6.25. The highest BCUT2D eigenvalue weighted by atomic mass is 35.5. The third kappa shape index (κ3) is 4.48. The molecule has 0 radical (unpaired) electrons. The summed E-state index contributed by atoms with van der Waals surface area (Å²) in [6.07, 6.45) is 4.04. The van der Waals surface area contributed by atoms with E-state index in [-0.39, 0.29) is 17.9 Å². The number of rotatable bonds is 7. The second-order valence-corrected chi connectivity index (χ2v) is 5.12. The Morgan fingerprint density at radius 3 is 2.68 bits per heavy atom. The minimum Gasteiger partial charge on any atom is -0.396 e. The van der Waals surface area contributed by atoms with Crippen LogP contribution >= 0.6 is 11.6 Å². The fourth-order valence-corrected chi connectivity index (χ4v) is 2.27. The summed E-state index contributed by atoms with van der Waals surface area (Å²) in [6.45, 7) is 4.85. The summed E-state index contributed by atoms with van der Waals surface area (Å²) in [5.74, 6) is -0.159. The van der Waals surface area contributed by atoms with E-state index in [1.54, 1.807) is 12.1 Å². The number of hydrogen-bond acceptors (Lipinski definition) is 3. The highest BCUT2D eigenvalue weighted by Crippen LogP contribution is 2.29. The van der Waals surface area contributed by atoms with Gasteiger partial charge in [-0.05, 0) is 36.8 Å². The summed E-state index contributed by atoms with van der Waals surface area (Å²) < 4.78 is 0. The number of halogens is 1. The van der Waals surface area contributed by atoms with Crippen molar-refractivity contribution < 1.29 is 9.90 Å². The molecule has 0 aliphatic rings. The van der Waals surface area contributed by atoms with Gasteiger partial charge in [-0.3, -0.25) is 4.79 Å². The van der Waals surface area contributed by atoms with Crippen LogP contribution in [-0.2, 0) is 0 Å². The van der Waals surface area contributed by atoms with Crippen molar-refractivity contribution in [1.82, 2.24) is 10.3 Å². The molecule has 0 spiro atoms. The van der Waals surface area contributed by atoms with Gasteiger partial charge in [0.15, 0.2) is 0 Å². The lowest BCUT2D eigenvalue weighted by molar-refractivity contribution is 0.0907. The molecule has 0 aromatic carbocycles. The van der Waals surface area contributed by atoms with E-state index in [2.05, 4.69) is 24.1 Å². The van der Waals surface area contributed by atoms with Gasteiger partial charge in [-0.15, -0.1) is 0 Å². The monoisotopic (exact) mass is 284 g/mol. The largest absolute Gasteiger partial charge is 0.396 e. The van der Waals surface area contributed by atoms with Gasteiger partial charge in [0.05, 0.1) is 0 Å². The lowest BCUT2D eigenvalue weighted by atomic mass is 9.79. The molecule has 0 saturated heterocycles. The first-order chi connectivity index (χ1) is 9.06. The maximum Gasteiger partial charge on any atom is 0.251 e. The first-order valence-electron chi connectivity index (χ1n) is 6.57. The number of carbonyl (C=O) groups excluding carboxylic acids is 1. The summed E-state index contributed by atoms with van der Waals surface area (Å²) in [5.41, 5.74) is 0.464. The van der Waals surface area contributed by atoms with Crippen molar-refractivity contribution in [2.24, 2.45) is 5.41 Å². The van der Waals surface area contributed by atoms with Crippen LogP contribution in [0.3, 0.4) is 0 Å². The van der Waals surface area contributed by atoms with Crippen molar-refractivity contribution in [2.75, 3.05) is 13.2 Å². The normalized spacial score (nSPS) is 11.4. The van der Waals surface area contributed by atoms with Crippen LogP contribution in [-0.4, -0.2) is 29.1 Å². The second kappa shape index (κ2) is 7.46. The number of nitrogens with one attached hydrogen (secondary N) is 1. The average molecular weight is 285 g/mol. The number of aromatic nitrogens is 1. The zero-order valence-electron chi connectivity index (χ0n) is 11.4. The van der Waals surface area contributed by atoms with Crippen molar-refractivity contribution in [3.8, 4) is 0 Å². The van der Waals surface area contributed by atoms with Crippen molar-refractivity contribution in [2.45, 2.75) is 33.1 Å². The molecule has 0 aliphatic carbocycles. The number of amides is 1. The maximum absolute atomic E-state index is 12.0. The molecule has 0 fully saturated rings. The van der Waals surface area contributed by atoms with Crippen molar-refractivity contribution >= 4 is 17.5 Å². The molecule has 1 aromatic heterocycles. The van der Waals surface area contributed by atoms with Gasteiger partial charge in [0.1, 0.15) is 5.15 Å². The van der Waals surface area contributed by atoms with Crippen LogP contribution in [0.1, 0.15) is 43.5 Å². The molecular formula is C14H21ClN2O2. The Hall–Kier alpha value is -1.13. The van der Waals surface area contributed by atoms with Crippen LogP contribution in [0.5, 0.6) is 0 Å². The van der Waals surface area contributed by atoms with Crippen LogP contribution < -0.4 is 5.32 Å².